The van der Waals surface area contributed by atoms with Crippen LogP contribution < -0.4 is 11.1 Å². The standard InChI is InChI=1S/C19H23FN6/c1-12-2-4-13(5-3-12)8-23-18-15(21)9-24-19(25-18)16-10-22-17-7-6-14(20)11-26(16)17/h6-7,9-13H,2-5,8,21H2,1H3,(H,23,24,25). The van der Waals surface area contributed by atoms with E-state index in [0.29, 0.717) is 34.6 Å². The predicted octanol–water partition coefficient (Wildman–Crippen LogP) is 3.75. The Bertz CT molecular complexity index is 914. The van der Waals surface area contributed by atoms with E-state index in [0.717, 1.165) is 12.5 Å². The molecule has 1 aliphatic rings. The highest BCUT2D eigenvalue weighted by Crippen LogP contribution is 2.29. The third kappa shape index (κ3) is 3.34. The molecule has 1 aliphatic carbocycles. The van der Waals surface area contributed by atoms with Gasteiger partial charge in [0.15, 0.2) is 11.6 Å². The smallest absolute Gasteiger partial charge is 0.180 e. The molecule has 3 aromatic rings. The number of fused-ring (bicyclic) bond motifs is 1. The molecule has 26 heavy (non-hydrogen) atoms. The first-order chi connectivity index (χ1) is 12.6. The first-order valence-corrected chi connectivity index (χ1v) is 9.09. The number of aromatic nitrogens is 4. The zero-order chi connectivity index (χ0) is 18.1. The van der Waals surface area contributed by atoms with Gasteiger partial charge in [0.25, 0.3) is 0 Å². The number of hydrogen-bond acceptors (Lipinski definition) is 5. The van der Waals surface area contributed by atoms with Crippen molar-refractivity contribution >= 4 is 17.2 Å². The van der Waals surface area contributed by atoms with Crippen molar-refractivity contribution in [1.82, 2.24) is 19.4 Å². The van der Waals surface area contributed by atoms with Crippen molar-refractivity contribution in [2.75, 3.05) is 17.6 Å². The molecule has 7 heteroatoms. The fourth-order valence-corrected chi connectivity index (χ4v) is 3.55. The molecule has 0 unspecified atom stereocenters. The Morgan fingerprint density at radius 3 is 2.81 bits per heavy atom. The maximum Gasteiger partial charge on any atom is 0.180 e. The van der Waals surface area contributed by atoms with Crippen LogP contribution in [-0.4, -0.2) is 25.9 Å². The van der Waals surface area contributed by atoms with Crippen molar-refractivity contribution < 1.29 is 4.39 Å². The van der Waals surface area contributed by atoms with Crippen molar-refractivity contribution in [3.05, 3.63) is 36.5 Å². The van der Waals surface area contributed by atoms with Gasteiger partial charge in [-0.3, -0.25) is 4.40 Å². The van der Waals surface area contributed by atoms with Gasteiger partial charge >= 0.3 is 0 Å². The van der Waals surface area contributed by atoms with E-state index in [-0.39, 0.29) is 5.82 Å². The van der Waals surface area contributed by atoms with Crippen molar-refractivity contribution in [1.29, 1.82) is 0 Å². The van der Waals surface area contributed by atoms with Gasteiger partial charge in [0.2, 0.25) is 0 Å². The summed E-state index contributed by atoms with van der Waals surface area (Å²) in [4.78, 5) is 13.1. The van der Waals surface area contributed by atoms with Crippen LogP contribution in [0.25, 0.3) is 17.2 Å². The van der Waals surface area contributed by atoms with Gasteiger partial charge in [-0.1, -0.05) is 19.8 Å². The Balaban J connectivity index is 1.56. The SMILES string of the molecule is CC1CCC(CNc2nc(-c3cnc4ccc(F)cn34)ncc2N)CC1. The van der Waals surface area contributed by atoms with Gasteiger partial charge in [-0.05, 0) is 36.8 Å². The van der Waals surface area contributed by atoms with Gasteiger partial charge in [0.1, 0.15) is 17.2 Å². The Labute approximate surface area is 151 Å². The normalized spacial score (nSPS) is 20.4. The number of nitrogens with one attached hydrogen (secondary N) is 1. The van der Waals surface area contributed by atoms with E-state index in [1.54, 1.807) is 22.9 Å². The number of imidazole rings is 1. The second-order valence-electron chi connectivity index (χ2n) is 7.22. The lowest BCUT2D eigenvalue weighted by Gasteiger charge is -2.26. The van der Waals surface area contributed by atoms with Gasteiger partial charge in [-0.2, -0.15) is 0 Å². The molecule has 3 aromatic heterocycles. The van der Waals surface area contributed by atoms with E-state index < -0.39 is 0 Å². The summed E-state index contributed by atoms with van der Waals surface area (Å²) in [5, 5.41) is 3.38. The molecular formula is C19H23FN6. The molecule has 0 amide bonds. The van der Waals surface area contributed by atoms with Crippen molar-refractivity contribution in [2.24, 2.45) is 11.8 Å². The van der Waals surface area contributed by atoms with E-state index in [1.165, 1.54) is 37.9 Å². The molecule has 1 saturated carbocycles. The van der Waals surface area contributed by atoms with Crippen LogP contribution in [0.3, 0.4) is 0 Å². The van der Waals surface area contributed by atoms with Gasteiger partial charge < -0.3 is 11.1 Å². The first kappa shape index (κ1) is 16.8. The molecule has 6 nitrogen and oxygen atoms in total. The second-order valence-corrected chi connectivity index (χ2v) is 7.22. The molecule has 4 rings (SSSR count). The Morgan fingerprint density at radius 1 is 1.19 bits per heavy atom. The van der Waals surface area contributed by atoms with Gasteiger partial charge in [0.05, 0.1) is 18.1 Å². The summed E-state index contributed by atoms with van der Waals surface area (Å²) in [7, 11) is 0. The van der Waals surface area contributed by atoms with Crippen LogP contribution in [0.2, 0.25) is 0 Å². The van der Waals surface area contributed by atoms with Gasteiger partial charge in [0, 0.05) is 12.7 Å². The largest absolute Gasteiger partial charge is 0.394 e. The lowest BCUT2D eigenvalue weighted by Crippen LogP contribution is -2.21. The zero-order valence-electron chi connectivity index (χ0n) is 14.8. The van der Waals surface area contributed by atoms with Crippen LogP contribution in [0.1, 0.15) is 32.6 Å². The van der Waals surface area contributed by atoms with E-state index >= 15 is 0 Å². The molecule has 0 aliphatic heterocycles. The maximum atomic E-state index is 13.6. The summed E-state index contributed by atoms with van der Waals surface area (Å²) in [6, 6.07) is 3.01. The topological polar surface area (TPSA) is 81.1 Å². The quantitative estimate of drug-likeness (QED) is 0.746. The summed E-state index contributed by atoms with van der Waals surface area (Å²) in [5.74, 6) is 2.24. The minimum absolute atomic E-state index is 0.336. The number of nitrogen functional groups attached to an aromatic ring is 1. The van der Waals surface area contributed by atoms with Crippen LogP contribution in [0.15, 0.2) is 30.7 Å². The number of halogens is 1. The van der Waals surface area contributed by atoms with E-state index in [4.69, 9.17) is 5.73 Å². The average Bonchev–Trinajstić information content (AvgIpc) is 3.05. The highest BCUT2D eigenvalue weighted by molar-refractivity contribution is 5.65. The van der Waals surface area contributed by atoms with Crippen LogP contribution in [0.4, 0.5) is 15.9 Å². The molecule has 0 radical (unpaired) electrons. The predicted molar refractivity (Wildman–Crippen MR) is 100 cm³/mol. The zero-order valence-corrected chi connectivity index (χ0v) is 14.8. The molecule has 3 N–H and O–H groups in total. The number of hydrogen-bond donors (Lipinski definition) is 2. The molecule has 0 aromatic carbocycles. The fourth-order valence-electron chi connectivity index (χ4n) is 3.55. The summed E-state index contributed by atoms with van der Waals surface area (Å²) in [6.45, 7) is 3.17. The van der Waals surface area contributed by atoms with E-state index in [1.807, 2.05) is 0 Å². The van der Waals surface area contributed by atoms with Gasteiger partial charge in [-0.15, -0.1) is 0 Å². The number of nitrogens with zero attached hydrogens (tertiary/aromatic N) is 4. The molecular weight excluding hydrogens is 331 g/mol. The molecule has 0 saturated heterocycles. The van der Waals surface area contributed by atoms with Crippen LogP contribution >= 0.6 is 0 Å². The van der Waals surface area contributed by atoms with Crippen molar-refractivity contribution in [3.63, 3.8) is 0 Å². The Morgan fingerprint density at radius 2 is 2.00 bits per heavy atom. The number of nitrogens with two attached hydrogens (primary N) is 1. The number of pyridine rings is 1. The van der Waals surface area contributed by atoms with E-state index in [2.05, 4.69) is 27.2 Å². The summed E-state index contributed by atoms with van der Waals surface area (Å²) >= 11 is 0. The number of anilines is 2. The Hall–Kier alpha value is -2.70. The lowest BCUT2D eigenvalue weighted by molar-refractivity contribution is 0.300. The van der Waals surface area contributed by atoms with Crippen LogP contribution in [0, 0.1) is 17.7 Å². The molecule has 0 bridgehead atoms. The molecule has 1 fully saturated rings. The molecule has 0 spiro atoms. The van der Waals surface area contributed by atoms with Crippen LogP contribution in [-0.2, 0) is 0 Å². The third-order valence-corrected chi connectivity index (χ3v) is 5.21. The lowest BCUT2D eigenvalue weighted by atomic mass is 9.83. The third-order valence-electron chi connectivity index (χ3n) is 5.21. The average molecular weight is 354 g/mol. The van der Waals surface area contributed by atoms with Crippen LogP contribution in [0.5, 0.6) is 0 Å². The maximum absolute atomic E-state index is 13.6. The summed E-state index contributed by atoms with van der Waals surface area (Å²) in [5.41, 5.74) is 7.84. The van der Waals surface area contributed by atoms with Crippen molar-refractivity contribution in [2.45, 2.75) is 32.6 Å². The fraction of sp³-hybridized carbons (Fsp3) is 0.421. The number of rotatable bonds is 4. The molecule has 3 heterocycles. The second kappa shape index (κ2) is 6.90. The monoisotopic (exact) mass is 354 g/mol. The Kier molecular flexibility index (Phi) is 4.44. The minimum Gasteiger partial charge on any atom is -0.394 e. The van der Waals surface area contributed by atoms with E-state index in [9.17, 15) is 4.39 Å². The summed E-state index contributed by atoms with van der Waals surface area (Å²) < 4.78 is 15.2. The highest BCUT2D eigenvalue weighted by atomic mass is 19.1. The first-order valence-electron chi connectivity index (χ1n) is 9.09. The summed E-state index contributed by atoms with van der Waals surface area (Å²) in [6.07, 6.45) is 9.65. The van der Waals surface area contributed by atoms with Crippen molar-refractivity contribution in [3.8, 4) is 11.5 Å². The highest BCUT2D eigenvalue weighted by Gasteiger charge is 2.19. The van der Waals surface area contributed by atoms with Gasteiger partial charge in [-0.25, -0.2) is 19.3 Å². The molecule has 0 atom stereocenters. The molecule has 136 valence electrons. The minimum atomic E-state index is -0.336.